The molecule has 0 radical (unpaired) electrons. The quantitative estimate of drug-likeness (QED) is 0.228. The van der Waals surface area contributed by atoms with Gasteiger partial charge in [0, 0.05) is 0 Å². The second kappa shape index (κ2) is 11.3. The minimum Gasteiger partial charge on any atom is -0.366 e. The fourth-order valence-corrected chi connectivity index (χ4v) is 3.95. The van der Waals surface area contributed by atoms with E-state index in [2.05, 4.69) is 24.3 Å². The van der Waals surface area contributed by atoms with Gasteiger partial charge in [-0.15, -0.1) is 0 Å². The molecule has 4 rings (SSSR count). The topological polar surface area (TPSA) is 18.5 Å². The van der Waals surface area contributed by atoms with E-state index in [9.17, 15) is 13.2 Å². The van der Waals surface area contributed by atoms with Crippen LogP contribution < -0.4 is 0 Å². The number of alkyl halides is 3. The Morgan fingerprint density at radius 3 is 1.31 bits per heavy atom. The van der Waals surface area contributed by atoms with Crippen LogP contribution >= 0.6 is 0 Å². The third kappa shape index (κ3) is 6.59. The van der Waals surface area contributed by atoms with Crippen LogP contribution in [0.25, 0.3) is 0 Å². The molecule has 0 aromatic heterocycles. The van der Waals surface area contributed by atoms with Gasteiger partial charge >= 0.3 is 6.18 Å². The second-order valence-corrected chi connectivity index (χ2v) is 8.35. The van der Waals surface area contributed by atoms with Crippen LogP contribution in [-0.2, 0) is 15.7 Å². The molecule has 0 fully saturated rings. The molecule has 2 nitrogen and oxygen atoms in total. The van der Waals surface area contributed by atoms with E-state index in [4.69, 9.17) is 9.47 Å². The maximum absolute atomic E-state index is 13.0. The van der Waals surface area contributed by atoms with Crippen LogP contribution in [0.1, 0.15) is 45.6 Å². The average Bonchev–Trinajstić information content (AvgIpc) is 2.88. The van der Waals surface area contributed by atoms with Crippen molar-refractivity contribution in [3.8, 4) is 0 Å². The molecule has 0 amide bonds. The van der Waals surface area contributed by atoms with Gasteiger partial charge in [0.1, 0.15) is 12.2 Å². The molecule has 2 atom stereocenters. The van der Waals surface area contributed by atoms with Crippen LogP contribution in [0.2, 0.25) is 0 Å². The number of halogens is 3. The maximum atomic E-state index is 13.0. The van der Waals surface area contributed by atoms with Gasteiger partial charge in [-0.1, -0.05) is 103 Å². The van der Waals surface area contributed by atoms with Gasteiger partial charge in [-0.2, -0.15) is 13.2 Å². The summed E-state index contributed by atoms with van der Waals surface area (Å²) < 4.78 is 51.5. The van der Waals surface area contributed by atoms with Crippen molar-refractivity contribution in [2.45, 2.75) is 25.3 Å². The van der Waals surface area contributed by atoms with Crippen molar-refractivity contribution < 1.29 is 22.6 Å². The van der Waals surface area contributed by atoms with E-state index >= 15 is 0 Å². The third-order valence-corrected chi connectivity index (χ3v) is 5.78. The molecule has 0 aliphatic carbocycles. The molecule has 0 heterocycles. The largest absolute Gasteiger partial charge is 0.416 e. The fraction of sp³-hybridized carbons (Fsp3) is 0.200. The smallest absolute Gasteiger partial charge is 0.366 e. The lowest BCUT2D eigenvalue weighted by Gasteiger charge is -2.22. The van der Waals surface area contributed by atoms with E-state index in [1.165, 1.54) is 17.7 Å². The molecule has 0 saturated carbocycles. The van der Waals surface area contributed by atoms with Crippen LogP contribution in [0.5, 0.6) is 0 Å². The Balaban J connectivity index is 1.48. The minimum absolute atomic E-state index is 0.248. The molecule has 2 unspecified atom stereocenters. The molecule has 0 spiro atoms. The van der Waals surface area contributed by atoms with Crippen LogP contribution in [0.15, 0.2) is 109 Å². The normalized spacial score (nSPS) is 13.4. The number of aryl methyl sites for hydroxylation is 1. The summed E-state index contributed by atoms with van der Waals surface area (Å²) >= 11 is 0. The van der Waals surface area contributed by atoms with Crippen LogP contribution in [-0.4, -0.2) is 13.2 Å². The number of benzene rings is 4. The summed E-state index contributed by atoms with van der Waals surface area (Å²) in [6, 6.07) is 32.8. The molecule has 4 aromatic carbocycles. The summed E-state index contributed by atoms with van der Waals surface area (Å²) in [6.45, 7) is 2.63. The highest BCUT2D eigenvalue weighted by Gasteiger charge is 2.30. The predicted molar refractivity (Wildman–Crippen MR) is 131 cm³/mol. The highest BCUT2D eigenvalue weighted by atomic mass is 19.4. The first-order valence-corrected chi connectivity index (χ1v) is 11.5. The summed E-state index contributed by atoms with van der Waals surface area (Å²) in [5.74, 6) is 0. The molecule has 0 aliphatic heterocycles. The summed E-state index contributed by atoms with van der Waals surface area (Å²) in [6.07, 6.45) is -5.13. The van der Waals surface area contributed by atoms with Gasteiger partial charge in [0.2, 0.25) is 0 Å². The zero-order valence-electron chi connectivity index (χ0n) is 19.4. The van der Waals surface area contributed by atoms with Crippen molar-refractivity contribution in [1.29, 1.82) is 0 Å². The Labute approximate surface area is 204 Å². The molecular weight excluding hydrogens is 449 g/mol. The van der Waals surface area contributed by atoms with Gasteiger partial charge in [-0.3, -0.25) is 0 Å². The van der Waals surface area contributed by atoms with Gasteiger partial charge in [0.25, 0.3) is 0 Å². The lowest BCUT2D eigenvalue weighted by atomic mass is 10.00. The van der Waals surface area contributed by atoms with Crippen molar-refractivity contribution >= 4 is 0 Å². The third-order valence-electron chi connectivity index (χ3n) is 5.78. The Morgan fingerprint density at radius 2 is 0.914 bits per heavy atom. The van der Waals surface area contributed by atoms with Gasteiger partial charge in [-0.25, -0.2) is 0 Å². The Morgan fingerprint density at radius 1 is 0.543 bits per heavy atom. The van der Waals surface area contributed by atoms with Crippen LogP contribution in [0.3, 0.4) is 0 Å². The summed E-state index contributed by atoms with van der Waals surface area (Å²) in [4.78, 5) is 0. The number of hydrogen-bond acceptors (Lipinski definition) is 2. The fourth-order valence-electron chi connectivity index (χ4n) is 3.95. The SMILES string of the molecule is Cc1ccc(C(OCCOC(c2ccccc2)c2ccc(C(F)(F)F)cc2)c2ccccc2)cc1. The highest BCUT2D eigenvalue weighted by Crippen LogP contribution is 2.32. The Bertz CT molecular complexity index is 1170. The van der Waals surface area contributed by atoms with Crippen molar-refractivity contribution in [3.63, 3.8) is 0 Å². The standard InChI is InChI=1S/C30H27F3O2/c1-22-12-14-25(15-13-22)28(23-8-4-2-5-9-23)34-20-21-35-29(24-10-6-3-7-11-24)26-16-18-27(19-17-26)30(31,32)33/h2-19,28-29H,20-21H2,1H3. The minimum atomic E-state index is -4.38. The van der Waals surface area contributed by atoms with E-state index in [1.54, 1.807) is 0 Å². The van der Waals surface area contributed by atoms with Crippen LogP contribution in [0, 0.1) is 6.92 Å². The van der Waals surface area contributed by atoms with E-state index in [0.29, 0.717) is 12.2 Å². The van der Waals surface area contributed by atoms with Gasteiger partial charge in [0.05, 0.1) is 18.8 Å². The van der Waals surface area contributed by atoms with Crippen molar-refractivity contribution in [2.24, 2.45) is 0 Å². The van der Waals surface area contributed by atoms with Gasteiger partial charge < -0.3 is 9.47 Å². The average molecular weight is 477 g/mol. The number of rotatable bonds is 9. The first kappa shape index (κ1) is 24.7. The monoisotopic (exact) mass is 476 g/mol. The molecule has 4 aromatic rings. The number of ether oxygens (including phenoxy) is 2. The van der Waals surface area contributed by atoms with Gasteiger partial charge in [0.15, 0.2) is 0 Å². The van der Waals surface area contributed by atoms with Crippen LogP contribution in [0.4, 0.5) is 13.2 Å². The van der Waals surface area contributed by atoms with Crippen molar-refractivity contribution in [1.82, 2.24) is 0 Å². The summed E-state index contributed by atoms with van der Waals surface area (Å²) in [7, 11) is 0. The first-order valence-electron chi connectivity index (χ1n) is 11.5. The molecule has 5 heteroatoms. The maximum Gasteiger partial charge on any atom is 0.416 e. The van der Waals surface area contributed by atoms with E-state index in [1.807, 2.05) is 67.6 Å². The first-order chi connectivity index (χ1) is 16.9. The van der Waals surface area contributed by atoms with Gasteiger partial charge in [-0.05, 0) is 41.3 Å². The zero-order chi connectivity index (χ0) is 24.7. The Hall–Kier alpha value is -3.41. The van der Waals surface area contributed by atoms with E-state index < -0.39 is 17.8 Å². The van der Waals surface area contributed by atoms with E-state index in [0.717, 1.165) is 28.8 Å². The van der Waals surface area contributed by atoms with Crippen molar-refractivity contribution in [2.75, 3.05) is 13.2 Å². The molecule has 0 aliphatic rings. The second-order valence-electron chi connectivity index (χ2n) is 8.35. The molecule has 0 saturated heterocycles. The number of hydrogen-bond donors (Lipinski definition) is 0. The summed E-state index contributed by atoms with van der Waals surface area (Å²) in [5, 5.41) is 0. The van der Waals surface area contributed by atoms with Crippen molar-refractivity contribution in [3.05, 3.63) is 143 Å². The summed E-state index contributed by atoms with van der Waals surface area (Å²) in [5.41, 5.74) is 4.10. The predicted octanol–water partition coefficient (Wildman–Crippen LogP) is 7.93. The molecule has 180 valence electrons. The van der Waals surface area contributed by atoms with E-state index in [-0.39, 0.29) is 12.7 Å². The molecule has 0 bridgehead atoms. The lowest BCUT2D eigenvalue weighted by molar-refractivity contribution is -0.137. The lowest BCUT2D eigenvalue weighted by Crippen LogP contribution is -2.14. The molecule has 0 N–H and O–H groups in total. The molecular formula is C30H27F3O2. The molecule has 35 heavy (non-hydrogen) atoms. The zero-order valence-corrected chi connectivity index (χ0v) is 19.4. The Kier molecular flexibility index (Phi) is 8.01. The highest BCUT2D eigenvalue weighted by molar-refractivity contribution is 5.34.